The number of rotatable bonds is 10. The molecule has 5 rings (SSSR count). The van der Waals surface area contributed by atoms with Crippen LogP contribution in [0.3, 0.4) is 0 Å². The van der Waals surface area contributed by atoms with Gasteiger partial charge in [-0.1, -0.05) is 53.0 Å². The summed E-state index contributed by atoms with van der Waals surface area (Å²) in [6.45, 7) is 3.77. The number of nitrogens with zero attached hydrogens (tertiary/aromatic N) is 5. The number of thiazole rings is 1. The van der Waals surface area contributed by atoms with Crippen molar-refractivity contribution in [1.82, 2.24) is 9.29 Å². The molecule has 220 valence electrons. The predicted molar refractivity (Wildman–Crippen MR) is 166 cm³/mol. The van der Waals surface area contributed by atoms with Crippen molar-refractivity contribution in [2.45, 2.75) is 31.3 Å². The molecule has 0 aliphatic carbocycles. The molecule has 0 radical (unpaired) electrons. The number of carbonyl (C=O) groups is 1. The molecule has 3 aromatic carbocycles. The first-order valence-corrected chi connectivity index (χ1v) is 15.9. The second kappa shape index (κ2) is 12.5. The smallest absolute Gasteiger partial charge is 0.267 e. The van der Waals surface area contributed by atoms with Gasteiger partial charge < -0.3 is 0 Å². The summed E-state index contributed by atoms with van der Waals surface area (Å²) in [6, 6.07) is 21.3. The molecule has 0 saturated heterocycles. The van der Waals surface area contributed by atoms with Crippen LogP contribution in [0.4, 0.5) is 14.5 Å². The van der Waals surface area contributed by atoms with Crippen LogP contribution < -0.4 is 5.01 Å². The molecular weight excluding hydrogens is 614 g/mol. The van der Waals surface area contributed by atoms with E-state index in [0.29, 0.717) is 15.1 Å². The molecule has 0 spiro atoms. The van der Waals surface area contributed by atoms with E-state index in [0.717, 1.165) is 33.2 Å². The van der Waals surface area contributed by atoms with Crippen LogP contribution in [-0.4, -0.2) is 40.8 Å². The molecule has 0 fully saturated rings. The van der Waals surface area contributed by atoms with Gasteiger partial charge in [0.25, 0.3) is 5.91 Å². The third-order valence-electron chi connectivity index (χ3n) is 6.27. The fourth-order valence-corrected chi connectivity index (χ4v) is 7.39. The van der Waals surface area contributed by atoms with Gasteiger partial charge in [0.1, 0.15) is 5.82 Å². The molecule has 1 amide bonds. The molecule has 10 nitrogen and oxygen atoms in total. The molecule has 0 aliphatic rings. The first kappa shape index (κ1) is 30.1. The van der Waals surface area contributed by atoms with E-state index in [1.54, 1.807) is 13.8 Å². The van der Waals surface area contributed by atoms with E-state index < -0.39 is 26.7 Å². The fourth-order valence-electron chi connectivity index (χ4n) is 4.13. The lowest BCUT2D eigenvalue weighted by atomic mass is 10.2. The fraction of sp³-hybridized carbons (Fsp3) is 0.138. The second-order valence-electron chi connectivity index (χ2n) is 9.56. The number of benzene rings is 3. The highest BCUT2D eigenvalue weighted by molar-refractivity contribution is 7.89. The molecule has 0 aliphatic heterocycles. The number of aromatic nitrogens is 1. The van der Waals surface area contributed by atoms with Gasteiger partial charge in [-0.15, -0.1) is 0 Å². The number of hydrazone groups is 1. The number of thiophene rings is 1. The van der Waals surface area contributed by atoms with E-state index in [1.807, 2.05) is 30.3 Å². The minimum absolute atomic E-state index is 0.0186. The van der Waals surface area contributed by atoms with Crippen LogP contribution >= 0.6 is 22.7 Å². The lowest BCUT2D eigenvalue weighted by Gasteiger charge is -2.26. The predicted octanol–water partition coefficient (Wildman–Crippen LogP) is 6.69. The third-order valence-corrected chi connectivity index (χ3v) is 10.3. The van der Waals surface area contributed by atoms with Crippen molar-refractivity contribution in [1.29, 1.82) is 0 Å². The van der Waals surface area contributed by atoms with Crippen molar-refractivity contribution in [3.05, 3.63) is 117 Å². The molecule has 2 heterocycles. The quantitative estimate of drug-likeness (QED) is 0.0955. The van der Waals surface area contributed by atoms with Crippen LogP contribution in [0.2, 0.25) is 0 Å². The van der Waals surface area contributed by atoms with Gasteiger partial charge in [0.15, 0.2) is 0 Å². The Kier molecular flexibility index (Phi) is 8.73. The number of anilines is 1. The van der Waals surface area contributed by atoms with Crippen LogP contribution in [0.5, 0.6) is 0 Å². The normalized spacial score (nSPS) is 12.0. The van der Waals surface area contributed by atoms with Crippen molar-refractivity contribution >= 4 is 65.2 Å². The molecule has 0 unspecified atom stereocenters. The first-order valence-electron chi connectivity index (χ1n) is 12.9. The van der Waals surface area contributed by atoms with E-state index in [9.17, 15) is 27.7 Å². The van der Waals surface area contributed by atoms with E-state index in [-0.39, 0.29) is 33.2 Å². The second-order valence-corrected chi connectivity index (χ2v) is 13.6. The number of hydrogen-bond acceptors (Lipinski definition) is 9. The molecule has 5 aromatic rings. The topological polar surface area (TPSA) is 126 Å². The highest BCUT2D eigenvalue weighted by Gasteiger charge is 2.28. The highest BCUT2D eigenvalue weighted by atomic mass is 32.2. The lowest BCUT2D eigenvalue weighted by Crippen LogP contribution is -2.36. The molecule has 0 saturated carbocycles. The Bertz CT molecular complexity index is 1920. The van der Waals surface area contributed by atoms with Gasteiger partial charge in [0.05, 0.1) is 31.1 Å². The van der Waals surface area contributed by atoms with E-state index in [2.05, 4.69) is 10.1 Å². The molecule has 0 N–H and O–H groups in total. The van der Waals surface area contributed by atoms with Crippen LogP contribution in [0.1, 0.15) is 34.6 Å². The van der Waals surface area contributed by atoms with Crippen LogP contribution in [-0.2, 0) is 16.6 Å². The number of sulfonamides is 1. The Morgan fingerprint density at radius 2 is 1.77 bits per heavy atom. The highest BCUT2D eigenvalue weighted by Crippen LogP contribution is 2.31. The maximum absolute atomic E-state index is 13.8. The van der Waals surface area contributed by atoms with Gasteiger partial charge >= 0.3 is 5.00 Å². The Labute approximate surface area is 254 Å². The van der Waals surface area contributed by atoms with Crippen molar-refractivity contribution in [3.8, 4) is 0 Å². The summed E-state index contributed by atoms with van der Waals surface area (Å²) in [7, 11) is -3.91. The van der Waals surface area contributed by atoms with Gasteiger partial charge in [-0.05, 0) is 67.9 Å². The van der Waals surface area contributed by atoms with Gasteiger partial charge in [0, 0.05) is 24.2 Å². The summed E-state index contributed by atoms with van der Waals surface area (Å²) in [5.41, 5.74) is 1.42. The summed E-state index contributed by atoms with van der Waals surface area (Å²) >= 11 is 1.91. The largest absolute Gasteiger partial charge is 0.324 e. The Balaban J connectivity index is 1.47. The number of amides is 1. The number of hydrogen-bond donors (Lipinski definition) is 0. The Morgan fingerprint density at radius 1 is 1.05 bits per heavy atom. The van der Waals surface area contributed by atoms with Crippen LogP contribution in [0, 0.1) is 15.9 Å². The zero-order valence-electron chi connectivity index (χ0n) is 22.8. The third kappa shape index (κ3) is 6.67. The van der Waals surface area contributed by atoms with Gasteiger partial charge in [-0.25, -0.2) is 17.8 Å². The zero-order chi connectivity index (χ0) is 30.7. The maximum atomic E-state index is 13.8. The lowest BCUT2D eigenvalue weighted by molar-refractivity contribution is -0.380. The van der Waals surface area contributed by atoms with Crippen molar-refractivity contribution in [3.63, 3.8) is 0 Å². The average molecular weight is 638 g/mol. The minimum atomic E-state index is -3.91. The van der Waals surface area contributed by atoms with Gasteiger partial charge in [-0.3, -0.25) is 14.9 Å². The molecule has 14 heteroatoms. The zero-order valence-corrected chi connectivity index (χ0v) is 25.3. The maximum Gasteiger partial charge on any atom is 0.324 e. The standard InChI is InChI=1S/C29H24FN5O5S3/c1-19(2)33(18-20-6-4-3-5-7-20)43(39,40)24-12-8-21(9-13-24)28(36)34(31-17-23-11-15-27(41-23)35(37)38)29-32-25-14-10-22(30)16-26(25)42-29/h3-17,19H,18H2,1-2H3/b31-17+. The number of carbonyl (C=O) groups excluding carboxylic acids is 1. The number of fused-ring (bicyclic) bond motifs is 1. The van der Waals surface area contributed by atoms with Crippen LogP contribution in [0.25, 0.3) is 10.2 Å². The van der Waals surface area contributed by atoms with E-state index in [1.165, 1.54) is 65.1 Å². The molecule has 2 aromatic heterocycles. The summed E-state index contributed by atoms with van der Waals surface area (Å²) in [5, 5.41) is 16.4. The van der Waals surface area contributed by atoms with Gasteiger partial charge in [0.2, 0.25) is 15.2 Å². The monoisotopic (exact) mass is 637 g/mol. The van der Waals surface area contributed by atoms with E-state index >= 15 is 0 Å². The number of nitro groups is 1. The average Bonchev–Trinajstić information content (AvgIpc) is 3.63. The summed E-state index contributed by atoms with van der Waals surface area (Å²) < 4.78 is 42.9. The number of halogens is 1. The summed E-state index contributed by atoms with van der Waals surface area (Å²) in [5.74, 6) is -1.09. The van der Waals surface area contributed by atoms with E-state index in [4.69, 9.17) is 0 Å². The molecule has 0 atom stereocenters. The van der Waals surface area contributed by atoms with Crippen molar-refractivity contribution < 1.29 is 22.5 Å². The van der Waals surface area contributed by atoms with Crippen molar-refractivity contribution in [2.75, 3.05) is 5.01 Å². The minimum Gasteiger partial charge on any atom is -0.267 e. The first-order chi connectivity index (χ1) is 20.5. The Hall–Kier alpha value is -4.37. The van der Waals surface area contributed by atoms with Crippen molar-refractivity contribution in [2.24, 2.45) is 5.10 Å². The summed E-state index contributed by atoms with van der Waals surface area (Å²) in [4.78, 5) is 29.1. The van der Waals surface area contributed by atoms with Gasteiger partial charge in [-0.2, -0.15) is 14.4 Å². The molecule has 43 heavy (non-hydrogen) atoms. The Morgan fingerprint density at radius 3 is 2.42 bits per heavy atom. The SMILES string of the molecule is CC(C)N(Cc1ccccc1)S(=O)(=O)c1ccc(C(=O)N(/N=C/c2ccc([N+](=O)[O-])s2)c2nc3ccc(F)cc3s2)cc1. The van der Waals surface area contributed by atoms with Crippen LogP contribution in [0.15, 0.2) is 94.9 Å². The molecule has 0 bridgehead atoms. The summed E-state index contributed by atoms with van der Waals surface area (Å²) in [6.07, 6.45) is 1.30. The molecular formula is C29H24FN5O5S3.